The smallest absolute Gasteiger partial charge is 0.349 e. The summed E-state index contributed by atoms with van der Waals surface area (Å²) in [7, 11) is 3.60. The van der Waals surface area contributed by atoms with Crippen molar-refractivity contribution < 1.29 is 42.9 Å². The minimum absolute atomic E-state index is 0.179. The fourth-order valence-electron chi connectivity index (χ4n) is 3.59. The van der Waals surface area contributed by atoms with Crippen LogP contribution in [0.25, 0.3) is 11.0 Å². The van der Waals surface area contributed by atoms with Crippen molar-refractivity contribution in [2.45, 2.75) is 64.8 Å². The first-order valence-electron chi connectivity index (χ1n) is 12.8. The Labute approximate surface area is 247 Å². The van der Waals surface area contributed by atoms with Gasteiger partial charge in [0.2, 0.25) is 0 Å². The van der Waals surface area contributed by atoms with E-state index in [0.29, 0.717) is 27.7 Å². The Hall–Kier alpha value is -4.05. The molecule has 2 aromatic heterocycles. The Morgan fingerprint density at radius 1 is 1.05 bits per heavy atom. The third-order valence-corrected chi connectivity index (χ3v) is 5.76. The summed E-state index contributed by atoms with van der Waals surface area (Å²) >= 11 is 1.29. The molecule has 0 saturated carbocycles. The second-order valence-electron chi connectivity index (χ2n) is 8.96. The summed E-state index contributed by atoms with van der Waals surface area (Å²) in [4.78, 5) is 66.8. The lowest BCUT2D eigenvalue weighted by atomic mass is 10.1. The Morgan fingerprint density at radius 2 is 1.74 bits per heavy atom. The molecule has 0 aliphatic carbocycles. The van der Waals surface area contributed by atoms with Crippen LogP contribution in [0.3, 0.4) is 0 Å². The van der Waals surface area contributed by atoms with Gasteiger partial charge in [0.25, 0.3) is 0 Å². The highest BCUT2D eigenvalue weighted by molar-refractivity contribution is 7.98. The van der Waals surface area contributed by atoms with Gasteiger partial charge in [-0.15, -0.1) is 0 Å². The summed E-state index contributed by atoms with van der Waals surface area (Å²) in [5, 5.41) is 0.836. The molecule has 0 amide bonds. The zero-order valence-electron chi connectivity index (χ0n) is 24.9. The molecule has 230 valence electrons. The number of ether oxygens (including phenoxy) is 5. The van der Waals surface area contributed by atoms with Crippen LogP contribution < -0.4 is 0 Å². The van der Waals surface area contributed by atoms with Gasteiger partial charge in [0.05, 0.1) is 24.0 Å². The predicted octanol–water partition coefficient (Wildman–Crippen LogP) is 2.43. The van der Waals surface area contributed by atoms with Crippen LogP contribution in [0.2, 0.25) is 0 Å². The van der Waals surface area contributed by atoms with Crippen molar-refractivity contribution in [2.75, 3.05) is 33.6 Å². The summed E-state index contributed by atoms with van der Waals surface area (Å²) in [5.74, 6) is -2.19. The van der Waals surface area contributed by atoms with Gasteiger partial charge in [0.15, 0.2) is 22.7 Å². The number of aromatic nitrogens is 3. The van der Waals surface area contributed by atoms with Crippen molar-refractivity contribution >= 4 is 70.7 Å². The summed E-state index contributed by atoms with van der Waals surface area (Å²) in [6, 6.07) is 0. The number of carbonyl (C=O) groups is 4. The molecule has 2 rings (SSSR count). The first-order chi connectivity index (χ1) is 19.9. The Morgan fingerprint density at radius 3 is 2.31 bits per heavy atom. The molecular weight excluding hydrogens is 572 g/mol. The Kier molecular flexibility index (Phi) is 13.3. The fraction of sp³-hybridized carbons (Fsp3) is 0.538. The SMILES string of the molecule is CCOC(=O)C=Nc1cn(CO[C@H](COC(C)=O)[C@@H](OC(C)=O)C(C)OC(C)=O)c2nc(SC)nc(N=CN(C)C)c12. The molecule has 0 fully saturated rings. The summed E-state index contributed by atoms with van der Waals surface area (Å²) in [6.07, 6.45) is 2.87. The van der Waals surface area contributed by atoms with Crippen molar-refractivity contribution in [1.29, 1.82) is 0 Å². The van der Waals surface area contributed by atoms with E-state index >= 15 is 0 Å². The van der Waals surface area contributed by atoms with E-state index in [1.54, 1.807) is 49.3 Å². The molecule has 2 heterocycles. The van der Waals surface area contributed by atoms with E-state index in [2.05, 4.69) is 20.0 Å². The fourth-order valence-corrected chi connectivity index (χ4v) is 3.94. The molecule has 0 N–H and O–H groups in total. The van der Waals surface area contributed by atoms with E-state index in [1.165, 1.54) is 39.5 Å². The minimum atomic E-state index is -1.12. The Bertz CT molecular complexity index is 1330. The molecule has 0 aliphatic heterocycles. The molecule has 16 heteroatoms. The second kappa shape index (κ2) is 16.4. The molecule has 3 atom stereocenters. The van der Waals surface area contributed by atoms with Crippen molar-refractivity contribution in [3.05, 3.63) is 6.20 Å². The van der Waals surface area contributed by atoms with Crippen LogP contribution in [0, 0.1) is 0 Å². The van der Waals surface area contributed by atoms with Crippen LogP contribution in [0.4, 0.5) is 11.5 Å². The van der Waals surface area contributed by atoms with Crippen molar-refractivity contribution in [1.82, 2.24) is 19.4 Å². The summed E-state index contributed by atoms with van der Waals surface area (Å²) < 4.78 is 28.5. The third kappa shape index (κ3) is 10.4. The topological polar surface area (TPSA) is 173 Å². The summed E-state index contributed by atoms with van der Waals surface area (Å²) in [6.45, 7) is 6.50. The van der Waals surface area contributed by atoms with Gasteiger partial charge in [-0.3, -0.25) is 14.4 Å². The van der Waals surface area contributed by atoms with Gasteiger partial charge in [0, 0.05) is 41.1 Å². The molecule has 0 aromatic carbocycles. The molecule has 1 unspecified atom stereocenters. The molecule has 0 aliphatic rings. The van der Waals surface area contributed by atoms with Crippen LogP contribution in [-0.4, -0.2) is 108 Å². The number of thioether (sulfide) groups is 1. The van der Waals surface area contributed by atoms with Crippen molar-refractivity contribution in [3.8, 4) is 0 Å². The van der Waals surface area contributed by atoms with E-state index < -0.39 is 42.2 Å². The molecular formula is C26H36N6O9S. The molecule has 2 aromatic rings. The highest BCUT2D eigenvalue weighted by Crippen LogP contribution is 2.35. The predicted molar refractivity (Wildman–Crippen MR) is 154 cm³/mol. The number of nitrogens with zero attached hydrogens (tertiary/aromatic N) is 6. The van der Waals surface area contributed by atoms with Gasteiger partial charge in [-0.1, -0.05) is 11.8 Å². The Balaban J connectivity index is 2.62. The van der Waals surface area contributed by atoms with Gasteiger partial charge in [-0.25, -0.2) is 24.7 Å². The average Bonchev–Trinajstić information content (AvgIpc) is 3.26. The molecule has 0 bridgehead atoms. The highest BCUT2D eigenvalue weighted by atomic mass is 32.2. The van der Waals surface area contributed by atoms with E-state index in [-0.39, 0.29) is 19.9 Å². The van der Waals surface area contributed by atoms with E-state index in [1.807, 2.05) is 0 Å². The van der Waals surface area contributed by atoms with Gasteiger partial charge >= 0.3 is 23.9 Å². The first kappa shape index (κ1) is 34.2. The van der Waals surface area contributed by atoms with E-state index in [9.17, 15) is 19.2 Å². The van der Waals surface area contributed by atoms with Crippen LogP contribution in [0.15, 0.2) is 21.3 Å². The number of esters is 4. The van der Waals surface area contributed by atoms with Crippen LogP contribution in [0.1, 0.15) is 34.6 Å². The van der Waals surface area contributed by atoms with Gasteiger partial charge in [-0.05, 0) is 20.1 Å². The lowest BCUT2D eigenvalue weighted by molar-refractivity contribution is -0.186. The number of aliphatic imine (C=N–C) groups is 2. The average molecular weight is 609 g/mol. The second-order valence-corrected chi connectivity index (χ2v) is 9.73. The van der Waals surface area contributed by atoms with Crippen LogP contribution in [-0.2, 0) is 49.6 Å². The number of fused-ring (bicyclic) bond motifs is 1. The molecule has 42 heavy (non-hydrogen) atoms. The number of carbonyl (C=O) groups excluding carboxylic acids is 4. The van der Waals surface area contributed by atoms with Crippen LogP contribution >= 0.6 is 11.8 Å². The highest BCUT2D eigenvalue weighted by Gasteiger charge is 2.34. The monoisotopic (exact) mass is 608 g/mol. The number of hydrogen-bond donors (Lipinski definition) is 0. The van der Waals surface area contributed by atoms with Gasteiger partial charge < -0.3 is 33.2 Å². The van der Waals surface area contributed by atoms with E-state index in [0.717, 1.165) is 6.21 Å². The largest absolute Gasteiger partial charge is 0.463 e. The molecule has 0 saturated heterocycles. The third-order valence-electron chi connectivity index (χ3n) is 5.21. The number of rotatable bonds is 15. The first-order valence-corrected chi connectivity index (χ1v) is 14.0. The van der Waals surface area contributed by atoms with Gasteiger partial charge in [-0.2, -0.15) is 0 Å². The van der Waals surface area contributed by atoms with Gasteiger partial charge in [0.1, 0.15) is 31.8 Å². The van der Waals surface area contributed by atoms with E-state index in [4.69, 9.17) is 23.7 Å². The molecule has 0 spiro atoms. The van der Waals surface area contributed by atoms with Crippen molar-refractivity contribution in [3.63, 3.8) is 0 Å². The van der Waals surface area contributed by atoms with Crippen LogP contribution in [0.5, 0.6) is 0 Å². The minimum Gasteiger partial charge on any atom is -0.463 e. The molecule has 0 radical (unpaired) electrons. The zero-order valence-corrected chi connectivity index (χ0v) is 25.7. The number of hydrogen-bond acceptors (Lipinski definition) is 14. The molecule has 15 nitrogen and oxygen atoms in total. The standard InChI is InChI=1S/C26H36N6O9S/c1-9-37-21(36)10-27-19-11-32(25-22(19)24(28-13-31(6)7)29-26(30-25)42-8)14-39-20(12-38-16(3)33)23(41-18(5)35)15(2)40-17(4)34/h10-11,13,15,20,23H,9,12,14H2,1-8H3/t15?,20-,23+/m1/s1. The maximum atomic E-state index is 12.0. The lowest BCUT2D eigenvalue weighted by Gasteiger charge is -2.30. The maximum absolute atomic E-state index is 12.0. The van der Waals surface area contributed by atoms with Crippen molar-refractivity contribution in [2.24, 2.45) is 9.98 Å². The summed E-state index contributed by atoms with van der Waals surface area (Å²) in [5.41, 5.74) is 0.682. The zero-order chi connectivity index (χ0) is 31.4. The maximum Gasteiger partial charge on any atom is 0.349 e. The quantitative estimate of drug-likeness (QED) is 0.0721. The lowest BCUT2D eigenvalue weighted by Crippen LogP contribution is -2.45. The normalized spacial score (nSPS) is 13.6.